The second-order valence-corrected chi connectivity index (χ2v) is 7.09. The Kier molecular flexibility index (Phi) is 4.31. The van der Waals surface area contributed by atoms with E-state index in [1.54, 1.807) is 23.8 Å². The van der Waals surface area contributed by atoms with Gasteiger partial charge in [0.25, 0.3) is 0 Å². The number of rotatable bonds is 2. The van der Waals surface area contributed by atoms with Gasteiger partial charge in [-0.15, -0.1) is 0 Å². The van der Waals surface area contributed by atoms with Gasteiger partial charge in [0.05, 0.1) is 24.2 Å². The average Bonchev–Trinajstić information content (AvgIpc) is 2.66. The normalized spacial score (nSPS) is 12.2. The Hall–Kier alpha value is -2.92. The highest BCUT2D eigenvalue weighted by Crippen LogP contribution is 2.48. The highest BCUT2D eigenvalue weighted by Gasteiger charge is 2.28. The van der Waals surface area contributed by atoms with Crippen molar-refractivity contribution in [2.24, 2.45) is 0 Å². The Morgan fingerprint density at radius 1 is 0.962 bits per heavy atom. The van der Waals surface area contributed by atoms with E-state index in [0.29, 0.717) is 11.4 Å². The molecule has 130 valence electrons. The minimum atomic E-state index is -0.214. The van der Waals surface area contributed by atoms with Gasteiger partial charge < -0.3 is 10.1 Å². The lowest BCUT2D eigenvalue weighted by Gasteiger charge is -2.31. The summed E-state index contributed by atoms with van der Waals surface area (Å²) >= 11 is 1.67. The van der Waals surface area contributed by atoms with E-state index in [1.165, 1.54) is 0 Å². The first-order valence-electron chi connectivity index (χ1n) is 8.29. The maximum absolute atomic E-state index is 13.2. The van der Waals surface area contributed by atoms with Crippen LogP contribution in [0.3, 0.4) is 0 Å². The molecule has 0 fully saturated rings. The predicted molar refractivity (Wildman–Crippen MR) is 106 cm³/mol. The number of hydrogen-bond donors (Lipinski definition) is 1. The number of carbonyl (C=O) groups is 1. The standard InChI is InChI=1S/C21H18N2O2S/c1-14-11-12-18(25-2)15(13-14)22-21(24)23-16-7-3-5-9-19(16)26-20-10-6-4-8-17(20)23/h3-13H,1-2H3,(H,22,24). The van der Waals surface area contributed by atoms with Gasteiger partial charge >= 0.3 is 6.03 Å². The number of para-hydroxylation sites is 2. The van der Waals surface area contributed by atoms with Gasteiger partial charge in [0.2, 0.25) is 0 Å². The summed E-state index contributed by atoms with van der Waals surface area (Å²) in [4.78, 5) is 17.1. The lowest BCUT2D eigenvalue weighted by molar-refractivity contribution is 0.258. The van der Waals surface area contributed by atoms with Gasteiger partial charge in [-0.3, -0.25) is 4.90 Å². The SMILES string of the molecule is COc1ccc(C)cc1NC(=O)N1c2ccccc2Sc2ccccc21. The summed E-state index contributed by atoms with van der Waals surface area (Å²) in [6, 6.07) is 21.4. The van der Waals surface area contributed by atoms with E-state index in [4.69, 9.17) is 4.74 Å². The Balaban J connectivity index is 1.76. The molecule has 3 aromatic carbocycles. The van der Waals surface area contributed by atoms with Crippen molar-refractivity contribution in [1.29, 1.82) is 0 Å². The quantitative estimate of drug-likeness (QED) is 0.623. The third kappa shape index (κ3) is 2.91. The molecule has 2 amide bonds. The van der Waals surface area contributed by atoms with Crippen molar-refractivity contribution in [2.45, 2.75) is 16.7 Å². The number of fused-ring (bicyclic) bond motifs is 2. The van der Waals surface area contributed by atoms with Crippen LogP contribution in [0, 0.1) is 6.92 Å². The number of aryl methyl sites for hydroxylation is 1. The van der Waals surface area contributed by atoms with Crippen molar-refractivity contribution in [3.8, 4) is 5.75 Å². The van der Waals surface area contributed by atoms with Gasteiger partial charge in [-0.1, -0.05) is 42.1 Å². The molecule has 1 N–H and O–H groups in total. The van der Waals surface area contributed by atoms with Crippen LogP contribution >= 0.6 is 11.8 Å². The number of methoxy groups -OCH3 is 1. The Morgan fingerprint density at radius 2 is 1.58 bits per heavy atom. The lowest BCUT2D eigenvalue weighted by Crippen LogP contribution is -2.32. The fourth-order valence-electron chi connectivity index (χ4n) is 3.01. The molecule has 0 bridgehead atoms. The monoisotopic (exact) mass is 362 g/mol. The number of nitrogens with zero attached hydrogens (tertiary/aromatic N) is 1. The molecule has 0 aliphatic carbocycles. The summed E-state index contributed by atoms with van der Waals surface area (Å²) in [7, 11) is 1.60. The summed E-state index contributed by atoms with van der Waals surface area (Å²) in [6.07, 6.45) is 0. The third-order valence-electron chi connectivity index (χ3n) is 4.23. The second-order valence-electron chi connectivity index (χ2n) is 6.01. The minimum Gasteiger partial charge on any atom is -0.495 e. The first-order chi connectivity index (χ1) is 12.7. The molecule has 0 aromatic heterocycles. The molecule has 5 heteroatoms. The van der Waals surface area contributed by atoms with Crippen LogP contribution in [-0.4, -0.2) is 13.1 Å². The number of amides is 2. The van der Waals surface area contributed by atoms with Crippen LogP contribution in [0.2, 0.25) is 0 Å². The molecule has 0 atom stereocenters. The number of nitrogens with one attached hydrogen (secondary N) is 1. The molecular weight excluding hydrogens is 344 g/mol. The molecule has 0 radical (unpaired) electrons. The van der Waals surface area contributed by atoms with E-state index in [2.05, 4.69) is 5.32 Å². The number of ether oxygens (including phenoxy) is 1. The molecule has 1 heterocycles. The average molecular weight is 362 g/mol. The van der Waals surface area contributed by atoms with E-state index >= 15 is 0 Å². The van der Waals surface area contributed by atoms with Crippen LogP contribution in [0.15, 0.2) is 76.5 Å². The molecule has 3 aromatic rings. The number of carbonyl (C=O) groups excluding carboxylic acids is 1. The first-order valence-corrected chi connectivity index (χ1v) is 9.10. The molecule has 0 saturated carbocycles. The van der Waals surface area contributed by atoms with Crippen LogP contribution < -0.4 is 15.0 Å². The topological polar surface area (TPSA) is 41.6 Å². The van der Waals surface area contributed by atoms with Gasteiger partial charge in [0.15, 0.2) is 0 Å². The zero-order valence-electron chi connectivity index (χ0n) is 14.5. The van der Waals surface area contributed by atoms with Crippen molar-refractivity contribution in [2.75, 3.05) is 17.3 Å². The molecule has 4 nitrogen and oxygen atoms in total. The fraction of sp³-hybridized carbons (Fsp3) is 0.0952. The minimum absolute atomic E-state index is 0.214. The van der Waals surface area contributed by atoms with Crippen LogP contribution in [0.5, 0.6) is 5.75 Å². The van der Waals surface area contributed by atoms with E-state index in [0.717, 1.165) is 26.7 Å². The molecule has 4 rings (SSSR count). The maximum atomic E-state index is 13.2. The molecule has 0 saturated heterocycles. The molecule has 1 aliphatic heterocycles. The summed E-state index contributed by atoms with van der Waals surface area (Å²) in [5, 5.41) is 3.01. The maximum Gasteiger partial charge on any atom is 0.331 e. The molecule has 0 unspecified atom stereocenters. The van der Waals surface area contributed by atoms with Gasteiger partial charge in [0, 0.05) is 9.79 Å². The second kappa shape index (κ2) is 6.77. The largest absolute Gasteiger partial charge is 0.495 e. The van der Waals surface area contributed by atoms with Crippen LogP contribution in [0.1, 0.15) is 5.56 Å². The van der Waals surface area contributed by atoms with Crippen molar-refractivity contribution >= 4 is 34.9 Å². The number of anilines is 3. The van der Waals surface area contributed by atoms with Gasteiger partial charge in [-0.25, -0.2) is 4.79 Å². The van der Waals surface area contributed by atoms with E-state index in [-0.39, 0.29) is 6.03 Å². The van der Waals surface area contributed by atoms with E-state index < -0.39 is 0 Å². The Bertz CT molecular complexity index is 942. The molecule has 1 aliphatic rings. The third-order valence-corrected chi connectivity index (χ3v) is 5.36. The summed E-state index contributed by atoms with van der Waals surface area (Å²) in [5.74, 6) is 0.636. The van der Waals surface area contributed by atoms with Crippen molar-refractivity contribution < 1.29 is 9.53 Å². The highest BCUT2D eigenvalue weighted by atomic mass is 32.2. The van der Waals surface area contributed by atoms with Gasteiger partial charge in [-0.05, 0) is 48.9 Å². The fourth-order valence-corrected chi connectivity index (χ4v) is 4.07. The summed E-state index contributed by atoms with van der Waals surface area (Å²) in [5.41, 5.74) is 3.46. The van der Waals surface area contributed by atoms with Crippen molar-refractivity contribution in [3.63, 3.8) is 0 Å². The lowest BCUT2D eigenvalue weighted by atomic mass is 10.2. The zero-order chi connectivity index (χ0) is 18.1. The number of hydrogen-bond acceptors (Lipinski definition) is 3. The van der Waals surface area contributed by atoms with Gasteiger partial charge in [-0.2, -0.15) is 0 Å². The molecular formula is C21H18N2O2S. The Labute approximate surface area is 156 Å². The van der Waals surface area contributed by atoms with E-state index in [1.807, 2.05) is 73.7 Å². The number of benzene rings is 3. The molecule has 26 heavy (non-hydrogen) atoms. The Morgan fingerprint density at radius 3 is 2.19 bits per heavy atom. The summed E-state index contributed by atoms with van der Waals surface area (Å²) in [6.45, 7) is 1.98. The van der Waals surface area contributed by atoms with Crippen molar-refractivity contribution in [3.05, 3.63) is 72.3 Å². The predicted octanol–water partition coefficient (Wildman–Crippen LogP) is 5.84. The smallest absolute Gasteiger partial charge is 0.331 e. The molecule has 0 spiro atoms. The van der Waals surface area contributed by atoms with Crippen LogP contribution in [0.25, 0.3) is 0 Å². The highest BCUT2D eigenvalue weighted by molar-refractivity contribution is 7.99. The van der Waals surface area contributed by atoms with Gasteiger partial charge in [0.1, 0.15) is 5.75 Å². The zero-order valence-corrected chi connectivity index (χ0v) is 15.3. The van der Waals surface area contributed by atoms with E-state index in [9.17, 15) is 4.79 Å². The number of urea groups is 1. The summed E-state index contributed by atoms with van der Waals surface area (Å²) < 4.78 is 5.39. The van der Waals surface area contributed by atoms with Crippen LogP contribution in [-0.2, 0) is 0 Å². The van der Waals surface area contributed by atoms with Crippen LogP contribution in [0.4, 0.5) is 21.9 Å². The first kappa shape index (κ1) is 16.5. The van der Waals surface area contributed by atoms with Crippen molar-refractivity contribution in [1.82, 2.24) is 0 Å².